The molecule has 0 unspecified atom stereocenters. The van der Waals surface area contributed by atoms with Crippen molar-refractivity contribution in [1.29, 1.82) is 0 Å². The number of hydrogen-bond donors (Lipinski definition) is 0. The van der Waals surface area contributed by atoms with Gasteiger partial charge in [-0.15, -0.1) is 0 Å². The van der Waals surface area contributed by atoms with Crippen LogP contribution in [0.25, 0.3) is 5.69 Å². The van der Waals surface area contributed by atoms with Gasteiger partial charge in [0.05, 0.1) is 5.69 Å². The lowest BCUT2D eigenvalue weighted by atomic mass is 10.3. The molecule has 2 rings (SSSR count). The molecule has 0 N–H and O–H groups in total. The van der Waals surface area contributed by atoms with Crippen LogP contribution in [0.2, 0.25) is 0 Å². The second-order valence-corrected chi connectivity index (χ2v) is 3.20. The number of aromatic nitrogens is 2. The Bertz CT molecular complexity index is 477. The van der Waals surface area contributed by atoms with Gasteiger partial charge in [0.15, 0.2) is 5.82 Å². The maximum atomic E-state index is 13.3. The molecule has 0 amide bonds. The predicted molar refractivity (Wildman–Crippen MR) is 52.9 cm³/mol. The van der Waals surface area contributed by atoms with Crippen molar-refractivity contribution in [1.82, 2.24) is 9.78 Å². The van der Waals surface area contributed by atoms with Crippen molar-refractivity contribution in [2.75, 3.05) is 0 Å². The van der Waals surface area contributed by atoms with Crippen LogP contribution < -0.4 is 0 Å². The predicted octanol–water partition coefficient (Wildman–Crippen LogP) is 2.71. The van der Waals surface area contributed by atoms with Crippen molar-refractivity contribution < 1.29 is 8.78 Å². The topological polar surface area (TPSA) is 17.8 Å². The summed E-state index contributed by atoms with van der Waals surface area (Å²) in [5.41, 5.74) is 1.13. The van der Waals surface area contributed by atoms with Crippen LogP contribution in [0, 0.1) is 11.6 Å². The summed E-state index contributed by atoms with van der Waals surface area (Å²) >= 11 is 0. The zero-order chi connectivity index (χ0) is 10.8. The second kappa shape index (κ2) is 3.81. The summed E-state index contributed by atoms with van der Waals surface area (Å²) in [5.74, 6) is -1.19. The highest BCUT2D eigenvalue weighted by Gasteiger charge is 2.06. The van der Waals surface area contributed by atoms with Gasteiger partial charge in [-0.1, -0.05) is 6.92 Å². The highest BCUT2D eigenvalue weighted by atomic mass is 19.1. The van der Waals surface area contributed by atoms with E-state index in [0.717, 1.165) is 18.2 Å². The summed E-state index contributed by atoms with van der Waals surface area (Å²) in [6.45, 7) is 1.97. The molecule has 4 heteroatoms. The summed E-state index contributed by atoms with van der Waals surface area (Å²) in [4.78, 5) is 0. The first kappa shape index (κ1) is 9.83. The average molecular weight is 208 g/mol. The smallest absolute Gasteiger partial charge is 0.151 e. The van der Waals surface area contributed by atoms with E-state index in [1.54, 1.807) is 6.20 Å². The third kappa shape index (κ3) is 1.88. The Morgan fingerprint density at radius 3 is 2.67 bits per heavy atom. The Labute approximate surface area is 86.2 Å². The average Bonchev–Trinajstić information content (AvgIpc) is 2.66. The van der Waals surface area contributed by atoms with E-state index in [0.29, 0.717) is 0 Å². The molecule has 0 aliphatic heterocycles. The highest BCUT2D eigenvalue weighted by Crippen LogP contribution is 2.14. The van der Waals surface area contributed by atoms with Crippen LogP contribution in [0.15, 0.2) is 30.5 Å². The number of benzene rings is 1. The zero-order valence-electron chi connectivity index (χ0n) is 8.24. The third-order valence-corrected chi connectivity index (χ3v) is 2.16. The molecule has 0 aliphatic rings. The normalized spacial score (nSPS) is 10.6. The first-order chi connectivity index (χ1) is 7.20. The van der Waals surface area contributed by atoms with E-state index in [4.69, 9.17) is 0 Å². The van der Waals surface area contributed by atoms with Crippen LogP contribution in [-0.2, 0) is 6.42 Å². The van der Waals surface area contributed by atoms with Crippen LogP contribution in [0.3, 0.4) is 0 Å². The number of rotatable bonds is 2. The maximum Gasteiger partial charge on any atom is 0.151 e. The third-order valence-electron chi connectivity index (χ3n) is 2.16. The molecular formula is C11H10F2N2. The van der Waals surface area contributed by atoms with Crippen molar-refractivity contribution in [2.45, 2.75) is 13.3 Å². The summed E-state index contributed by atoms with van der Waals surface area (Å²) in [5, 5.41) is 4.14. The minimum absolute atomic E-state index is 0.260. The molecule has 1 heterocycles. The van der Waals surface area contributed by atoms with Gasteiger partial charge in [0.1, 0.15) is 11.5 Å². The van der Waals surface area contributed by atoms with Gasteiger partial charge in [-0.25, -0.2) is 13.5 Å². The van der Waals surface area contributed by atoms with Gasteiger partial charge in [-0.2, -0.15) is 5.10 Å². The Kier molecular flexibility index (Phi) is 2.49. The van der Waals surface area contributed by atoms with Crippen LogP contribution in [0.1, 0.15) is 12.6 Å². The molecule has 1 aromatic carbocycles. The van der Waals surface area contributed by atoms with Crippen molar-refractivity contribution >= 4 is 0 Å². The number of nitrogens with zero attached hydrogens (tertiary/aromatic N) is 2. The lowest BCUT2D eigenvalue weighted by molar-refractivity contribution is 0.573. The van der Waals surface area contributed by atoms with Crippen molar-refractivity contribution in [3.8, 4) is 5.69 Å². The van der Waals surface area contributed by atoms with Crippen LogP contribution in [-0.4, -0.2) is 9.78 Å². The van der Waals surface area contributed by atoms with E-state index in [9.17, 15) is 8.78 Å². The largest absolute Gasteiger partial charge is 0.238 e. The molecular weight excluding hydrogens is 198 g/mol. The van der Waals surface area contributed by atoms with Gasteiger partial charge in [-0.3, -0.25) is 0 Å². The minimum atomic E-state index is -0.610. The van der Waals surface area contributed by atoms with E-state index in [1.165, 1.54) is 16.8 Å². The van der Waals surface area contributed by atoms with Crippen molar-refractivity contribution in [3.05, 3.63) is 47.8 Å². The molecule has 0 fully saturated rings. The monoisotopic (exact) mass is 208 g/mol. The molecule has 0 saturated carbocycles. The molecule has 2 nitrogen and oxygen atoms in total. The quantitative estimate of drug-likeness (QED) is 0.742. The Balaban J connectivity index is 2.44. The molecule has 0 saturated heterocycles. The van der Waals surface area contributed by atoms with Gasteiger partial charge in [0.2, 0.25) is 0 Å². The van der Waals surface area contributed by atoms with Crippen molar-refractivity contribution in [2.24, 2.45) is 0 Å². The van der Waals surface area contributed by atoms with E-state index < -0.39 is 11.6 Å². The van der Waals surface area contributed by atoms with Gasteiger partial charge in [-0.05, 0) is 24.6 Å². The fourth-order valence-electron chi connectivity index (χ4n) is 1.35. The zero-order valence-corrected chi connectivity index (χ0v) is 8.24. The summed E-state index contributed by atoms with van der Waals surface area (Å²) in [7, 11) is 0. The van der Waals surface area contributed by atoms with E-state index >= 15 is 0 Å². The second-order valence-electron chi connectivity index (χ2n) is 3.20. The first-order valence-electron chi connectivity index (χ1n) is 4.70. The molecule has 1 aromatic heterocycles. The van der Waals surface area contributed by atoms with Crippen LogP contribution in [0.5, 0.6) is 0 Å². The fourth-order valence-corrected chi connectivity index (χ4v) is 1.35. The van der Waals surface area contributed by atoms with E-state index in [-0.39, 0.29) is 5.69 Å². The number of aryl methyl sites for hydroxylation is 1. The van der Waals surface area contributed by atoms with Gasteiger partial charge in [0, 0.05) is 12.3 Å². The molecule has 0 bridgehead atoms. The SMILES string of the molecule is CCc1ccn(-c2ccc(F)cc2F)n1. The molecule has 78 valence electrons. The standard InChI is InChI=1S/C11H10F2N2/c1-2-9-5-6-15(14-9)11-4-3-8(12)7-10(11)13/h3-7H,2H2,1H3. The molecule has 15 heavy (non-hydrogen) atoms. The summed E-state index contributed by atoms with van der Waals surface area (Å²) in [6.07, 6.45) is 2.45. The van der Waals surface area contributed by atoms with Crippen LogP contribution >= 0.6 is 0 Å². The Morgan fingerprint density at radius 1 is 1.27 bits per heavy atom. The molecule has 2 aromatic rings. The first-order valence-corrected chi connectivity index (χ1v) is 4.70. The summed E-state index contributed by atoms with van der Waals surface area (Å²) < 4.78 is 27.4. The van der Waals surface area contributed by atoms with Crippen molar-refractivity contribution in [3.63, 3.8) is 0 Å². The minimum Gasteiger partial charge on any atom is -0.238 e. The van der Waals surface area contributed by atoms with Gasteiger partial charge < -0.3 is 0 Å². The van der Waals surface area contributed by atoms with Gasteiger partial charge >= 0.3 is 0 Å². The molecule has 0 spiro atoms. The fraction of sp³-hybridized carbons (Fsp3) is 0.182. The van der Waals surface area contributed by atoms with Crippen LogP contribution in [0.4, 0.5) is 8.78 Å². The molecule has 0 atom stereocenters. The lowest BCUT2D eigenvalue weighted by Crippen LogP contribution is -1.99. The maximum absolute atomic E-state index is 13.3. The highest BCUT2D eigenvalue weighted by molar-refractivity contribution is 5.33. The Hall–Kier alpha value is -1.71. The lowest BCUT2D eigenvalue weighted by Gasteiger charge is -2.02. The van der Waals surface area contributed by atoms with E-state index in [2.05, 4.69) is 5.10 Å². The molecule has 0 aliphatic carbocycles. The summed E-state index contributed by atoms with van der Waals surface area (Å²) in [6, 6.07) is 5.24. The number of halogens is 2. The van der Waals surface area contributed by atoms with Gasteiger partial charge in [0.25, 0.3) is 0 Å². The number of hydrogen-bond acceptors (Lipinski definition) is 1. The molecule has 0 radical (unpaired) electrons. The van der Waals surface area contributed by atoms with E-state index in [1.807, 2.05) is 13.0 Å². The Morgan fingerprint density at radius 2 is 2.07 bits per heavy atom.